The van der Waals surface area contributed by atoms with Crippen molar-refractivity contribution in [3.8, 4) is 0 Å². The lowest BCUT2D eigenvalue weighted by molar-refractivity contribution is -0.0621. The highest BCUT2D eigenvalue weighted by Gasteiger charge is 2.37. The van der Waals surface area contributed by atoms with E-state index in [1.807, 2.05) is 18.5 Å². The Morgan fingerprint density at radius 3 is 2.52 bits per heavy atom. The van der Waals surface area contributed by atoms with Crippen LogP contribution in [0.3, 0.4) is 0 Å². The molecule has 1 heterocycles. The standard InChI is InChI=1S/C15H23ClF2N2O/c1-3-11-14(16)12(20(4-2)19-11)9-13(21)10-5-7-15(17,18)8-6-10/h10,13,21H,3-9H2,1-2H3. The summed E-state index contributed by atoms with van der Waals surface area (Å²) in [7, 11) is 0. The molecule has 0 amide bonds. The maximum Gasteiger partial charge on any atom is 0.248 e. The second kappa shape index (κ2) is 6.61. The van der Waals surface area contributed by atoms with Crippen LogP contribution in [0.5, 0.6) is 0 Å². The molecule has 6 heteroatoms. The molecular weight excluding hydrogens is 298 g/mol. The highest BCUT2D eigenvalue weighted by Crippen LogP contribution is 2.38. The van der Waals surface area contributed by atoms with E-state index in [-0.39, 0.29) is 18.8 Å². The third-order valence-electron chi connectivity index (χ3n) is 4.40. The van der Waals surface area contributed by atoms with Gasteiger partial charge in [0.2, 0.25) is 5.92 Å². The fraction of sp³-hybridized carbons (Fsp3) is 0.800. The maximum absolute atomic E-state index is 13.2. The summed E-state index contributed by atoms with van der Waals surface area (Å²) in [4.78, 5) is 0. The number of hydrogen-bond acceptors (Lipinski definition) is 2. The van der Waals surface area contributed by atoms with Gasteiger partial charge in [0.25, 0.3) is 0 Å². The summed E-state index contributed by atoms with van der Waals surface area (Å²) in [6.07, 6.45) is 0.968. The lowest BCUT2D eigenvalue weighted by Gasteiger charge is -2.31. The Kier molecular flexibility index (Phi) is 5.25. The van der Waals surface area contributed by atoms with Crippen LogP contribution in [0, 0.1) is 5.92 Å². The minimum atomic E-state index is -2.56. The van der Waals surface area contributed by atoms with Gasteiger partial charge in [-0.15, -0.1) is 0 Å². The smallest absolute Gasteiger partial charge is 0.248 e. The summed E-state index contributed by atoms with van der Waals surface area (Å²) >= 11 is 6.32. The summed E-state index contributed by atoms with van der Waals surface area (Å²) in [5.74, 6) is -2.64. The number of aliphatic hydroxyl groups is 1. The van der Waals surface area contributed by atoms with Gasteiger partial charge in [-0.1, -0.05) is 18.5 Å². The van der Waals surface area contributed by atoms with Crippen LogP contribution in [0.4, 0.5) is 8.78 Å². The zero-order chi connectivity index (χ0) is 15.6. The predicted molar refractivity (Wildman–Crippen MR) is 78.9 cm³/mol. The lowest BCUT2D eigenvalue weighted by atomic mass is 9.82. The third-order valence-corrected chi connectivity index (χ3v) is 4.84. The molecule has 21 heavy (non-hydrogen) atoms. The molecular formula is C15H23ClF2N2O. The molecule has 1 N–H and O–H groups in total. The molecule has 3 nitrogen and oxygen atoms in total. The fourth-order valence-electron chi connectivity index (χ4n) is 3.02. The van der Waals surface area contributed by atoms with Gasteiger partial charge in [-0.2, -0.15) is 5.10 Å². The van der Waals surface area contributed by atoms with Crippen molar-refractivity contribution in [2.75, 3.05) is 0 Å². The second-order valence-corrected chi connectivity index (χ2v) is 6.22. The zero-order valence-corrected chi connectivity index (χ0v) is 13.3. The topological polar surface area (TPSA) is 38.0 Å². The average Bonchev–Trinajstić information content (AvgIpc) is 2.75. The Morgan fingerprint density at radius 1 is 1.38 bits per heavy atom. The highest BCUT2D eigenvalue weighted by atomic mass is 35.5. The van der Waals surface area contributed by atoms with E-state index in [0.717, 1.165) is 17.8 Å². The van der Waals surface area contributed by atoms with Gasteiger partial charge in [0, 0.05) is 25.8 Å². The molecule has 0 aliphatic heterocycles. The molecule has 1 aliphatic carbocycles. The van der Waals surface area contributed by atoms with Gasteiger partial charge in [0.05, 0.1) is 22.5 Å². The van der Waals surface area contributed by atoms with Crippen molar-refractivity contribution < 1.29 is 13.9 Å². The molecule has 0 bridgehead atoms. The van der Waals surface area contributed by atoms with Crippen LogP contribution in [0.1, 0.15) is 50.9 Å². The van der Waals surface area contributed by atoms with Crippen molar-refractivity contribution in [3.63, 3.8) is 0 Å². The largest absolute Gasteiger partial charge is 0.392 e. The van der Waals surface area contributed by atoms with Crippen molar-refractivity contribution in [1.82, 2.24) is 9.78 Å². The number of halogens is 3. The quantitative estimate of drug-likeness (QED) is 0.895. The third kappa shape index (κ3) is 3.75. The number of aliphatic hydroxyl groups excluding tert-OH is 1. The van der Waals surface area contributed by atoms with Crippen LogP contribution in [0.25, 0.3) is 0 Å². The number of nitrogens with zero attached hydrogens (tertiary/aromatic N) is 2. The molecule has 1 fully saturated rings. The molecule has 0 aromatic carbocycles. The minimum Gasteiger partial charge on any atom is -0.392 e. The Bertz CT molecular complexity index is 480. The SMILES string of the molecule is CCc1nn(CC)c(CC(O)C2CCC(F)(F)CC2)c1Cl. The molecule has 1 aromatic heterocycles. The van der Waals surface area contributed by atoms with Crippen molar-refractivity contribution in [1.29, 1.82) is 0 Å². The van der Waals surface area contributed by atoms with Gasteiger partial charge in [-0.25, -0.2) is 8.78 Å². The minimum absolute atomic E-state index is 0.0778. The van der Waals surface area contributed by atoms with E-state index < -0.39 is 12.0 Å². The van der Waals surface area contributed by atoms with Gasteiger partial charge in [-0.3, -0.25) is 4.68 Å². The second-order valence-electron chi connectivity index (χ2n) is 5.84. The Labute approximate surface area is 129 Å². The number of hydrogen-bond donors (Lipinski definition) is 1. The summed E-state index contributed by atoms with van der Waals surface area (Å²) in [6, 6.07) is 0. The van der Waals surface area contributed by atoms with Gasteiger partial charge >= 0.3 is 0 Å². The van der Waals surface area contributed by atoms with Crippen LogP contribution in [0.2, 0.25) is 5.02 Å². The first kappa shape index (κ1) is 16.7. The maximum atomic E-state index is 13.2. The van der Waals surface area contributed by atoms with Gasteiger partial charge < -0.3 is 5.11 Å². The number of aryl methyl sites for hydroxylation is 2. The zero-order valence-electron chi connectivity index (χ0n) is 12.6. The Morgan fingerprint density at radius 2 is 2.00 bits per heavy atom. The van der Waals surface area contributed by atoms with E-state index in [9.17, 15) is 13.9 Å². The summed E-state index contributed by atoms with van der Waals surface area (Å²) < 4.78 is 28.2. The fourth-order valence-corrected chi connectivity index (χ4v) is 3.37. The summed E-state index contributed by atoms with van der Waals surface area (Å²) in [5.41, 5.74) is 1.65. The van der Waals surface area contributed by atoms with Crippen LogP contribution in [-0.2, 0) is 19.4 Å². The Balaban J connectivity index is 2.06. The molecule has 1 aromatic rings. The molecule has 0 radical (unpaired) electrons. The molecule has 120 valence electrons. The van der Waals surface area contributed by atoms with E-state index in [4.69, 9.17) is 11.6 Å². The average molecular weight is 321 g/mol. The molecule has 0 spiro atoms. The van der Waals surface area contributed by atoms with Crippen LogP contribution in [0.15, 0.2) is 0 Å². The molecule has 1 atom stereocenters. The van der Waals surface area contributed by atoms with Crippen LogP contribution in [-0.4, -0.2) is 26.9 Å². The van der Waals surface area contributed by atoms with E-state index in [1.54, 1.807) is 0 Å². The van der Waals surface area contributed by atoms with E-state index in [0.29, 0.717) is 30.8 Å². The molecule has 1 aliphatic rings. The van der Waals surface area contributed by atoms with E-state index >= 15 is 0 Å². The first-order chi connectivity index (χ1) is 9.88. The molecule has 0 saturated heterocycles. The predicted octanol–water partition coefficient (Wildman–Crippen LogP) is 3.85. The van der Waals surface area contributed by atoms with Crippen molar-refractivity contribution >= 4 is 11.6 Å². The lowest BCUT2D eigenvalue weighted by Crippen LogP contribution is -2.32. The van der Waals surface area contributed by atoms with Crippen molar-refractivity contribution in [3.05, 3.63) is 16.4 Å². The Hall–Kier alpha value is -0.680. The molecule has 2 rings (SSSR count). The van der Waals surface area contributed by atoms with Gasteiger partial charge in [0.1, 0.15) is 0 Å². The number of aromatic nitrogens is 2. The first-order valence-corrected chi connectivity index (χ1v) is 8.05. The van der Waals surface area contributed by atoms with E-state index in [2.05, 4.69) is 5.10 Å². The monoisotopic (exact) mass is 320 g/mol. The number of alkyl halides is 2. The molecule has 1 unspecified atom stereocenters. The summed E-state index contributed by atoms with van der Waals surface area (Å²) in [6.45, 7) is 4.64. The molecule has 1 saturated carbocycles. The van der Waals surface area contributed by atoms with Crippen molar-refractivity contribution in [2.45, 2.75) is 70.9 Å². The first-order valence-electron chi connectivity index (χ1n) is 7.68. The number of rotatable bonds is 5. The van der Waals surface area contributed by atoms with E-state index in [1.165, 1.54) is 0 Å². The van der Waals surface area contributed by atoms with Crippen LogP contribution >= 0.6 is 11.6 Å². The van der Waals surface area contributed by atoms with Gasteiger partial charge in [0.15, 0.2) is 0 Å². The summed E-state index contributed by atoms with van der Waals surface area (Å²) in [5, 5.41) is 15.4. The highest BCUT2D eigenvalue weighted by molar-refractivity contribution is 6.31. The van der Waals surface area contributed by atoms with Gasteiger partial charge in [-0.05, 0) is 32.1 Å². The normalized spacial score (nSPS) is 20.7. The van der Waals surface area contributed by atoms with Crippen LogP contribution < -0.4 is 0 Å². The van der Waals surface area contributed by atoms with Crippen molar-refractivity contribution in [2.24, 2.45) is 5.92 Å².